The molecule has 224 valence electrons. The highest BCUT2D eigenvalue weighted by molar-refractivity contribution is 7.98. The van der Waals surface area contributed by atoms with Crippen molar-refractivity contribution in [3.8, 4) is 0 Å². The van der Waals surface area contributed by atoms with E-state index in [1.54, 1.807) is 30.5 Å². The molecule has 3 amide bonds. The molecule has 0 saturated heterocycles. The van der Waals surface area contributed by atoms with Crippen molar-refractivity contribution in [3.63, 3.8) is 0 Å². The van der Waals surface area contributed by atoms with Gasteiger partial charge in [0.1, 0.15) is 18.1 Å². The number of hydrogen-bond donors (Lipinski definition) is 8. The molecule has 4 atom stereocenters. The smallest absolute Gasteiger partial charge is 0.326 e. The van der Waals surface area contributed by atoms with Crippen molar-refractivity contribution in [1.82, 2.24) is 20.9 Å². The number of thioether (sulfide) groups is 1. The number of carbonyl (C=O) groups excluding carboxylic acids is 3. The van der Waals surface area contributed by atoms with Crippen molar-refractivity contribution in [3.05, 3.63) is 36.0 Å². The zero-order chi connectivity index (χ0) is 30.5. The van der Waals surface area contributed by atoms with Crippen LogP contribution >= 0.6 is 11.8 Å². The second-order valence-corrected chi connectivity index (χ2v) is 10.3. The van der Waals surface area contributed by atoms with Crippen molar-refractivity contribution in [2.75, 3.05) is 12.0 Å². The van der Waals surface area contributed by atoms with Gasteiger partial charge in [-0.1, -0.05) is 18.2 Å². The topological polar surface area (TPSA) is 241 Å². The number of H-pyrrole nitrogens is 1. The van der Waals surface area contributed by atoms with Crippen LogP contribution in [-0.4, -0.2) is 92.1 Å². The molecule has 0 bridgehead atoms. The fraction of sp³-hybridized carbons (Fsp3) is 0.462. The SMILES string of the molecule is CSCCC(N)C(=O)NC(CCC(=O)O)C(=O)NC(CCC(=O)O)C(=O)NC(Cc1c[nH]c2ccccc12)C(=O)O. The van der Waals surface area contributed by atoms with Crippen LogP contribution in [0.4, 0.5) is 0 Å². The van der Waals surface area contributed by atoms with Gasteiger partial charge in [-0.2, -0.15) is 11.8 Å². The minimum absolute atomic E-state index is 0.101. The van der Waals surface area contributed by atoms with E-state index in [0.29, 0.717) is 17.7 Å². The molecule has 0 fully saturated rings. The van der Waals surface area contributed by atoms with Crippen molar-refractivity contribution in [2.45, 2.75) is 62.7 Å². The Morgan fingerprint density at radius 2 is 1.37 bits per heavy atom. The first-order valence-corrected chi connectivity index (χ1v) is 14.2. The lowest BCUT2D eigenvalue weighted by Gasteiger charge is -2.25. The highest BCUT2D eigenvalue weighted by Crippen LogP contribution is 2.19. The molecule has 0 spiro atoms. The fourth-order valence-corrected chi connectivity index (χ4v) is 4.48. The van der Waals surface area contributed by atoms with Crippen molar-refractivity contribution < 1.29 is 44.1 Å². The number of aromatic nitrogens is 1. The number of carbonyl (C=O) groups is 6. The Morgan fingerprint density at radius 1 is 0.829 bits per heavy atom. The summed E-state index contributed by atoms with van der Waals surface area (Å²) in [6.07, 6.45) is 1.90. The molecule has 0 saturated carbocycles. The van der Waals surface area contributed by atoms with Gasteiger partial charge in [-0.25, -0.2) is 4.79 Å². The first-order chi connectivity index (χ1) is 19.4. The van der Waals surface area contributed by atoms with Gasteiger partial charge in [-0.05, 0) is 42.9 Å². The maximum Gasteiger partial charge on any atom is 0.326 e. The van der Waals surface area contributed by atoms with Crippen LogP contribution < -0.4 is 21.7 Å². The third-order valence-corrected chi connectivity index (χ3v) is 6.89. The zero-order valence-electron chi connectivity index (χ0n) is 22.4. The molecule has 2 rings (SSSR count). The molecule has 0 aliphatic heterocycles. The number of carboxylic acid groups (broad SMARTS) is 3. The molecule has 4 unspecified atom stereocenters. The molecule has 1 aromatic carbocycles. The highest BCUT2D eigenvalue weighted by Gasteiger charge is 2.31. The van der Waals surface area contributed by atoms with E-state index in [1.165, 1.54) is 11.8 Å². The lowest BCUT2D eigenvalue weighted by molar-refractivity contribution is -0.143. The Balaban J connectivity index is 2.20. The predicted molar refractivity (Wildman–Crippen MR) is 150 cm³/mol. The average molecular weight is 594 g/mol. The van der Waals surface area contributed by atoms with Gasteiger partial charge in [0.15, 0.2) is 0 Å². The van der Waals surface area contributed by atoms with Crippen molar-refractivity contribution in [2.24, 2.45) is 5.73 Å². The predicted octanol–water partition coefficient (Wildman–Crippen LogP) is 0.0594. The van der Waals surface area contributed by atoms with E-state index in [9.17, 15) is 33.9 Å². The van der Waals surface area contributed by atoms with Gasteiger partial charge in [-0.15, -0.1) is 0 Å². The largest absolute Gasteiger partial charge is 0.481 e. The highest BCUT2D eigenvalue weighted by atomic mass is 32.2. The Kier molecular flexibility index (Phi) is 13.1. The summed E-state index contributed by atoms with van der Waals surface area (Å²) < 4.78 is 0. The summed E-state index contributed by atoms with van der Waals surface area (Å²) in [5.41, 5.74) is 7.24. The van der Waals surface area contributed by atoms with E-state index in [0.717, 1.165) is 10.9 Å². The van der Waals surface area contributed by atoms with Crippen LogP contribution in [0.3, 0.4) is 0 Å². The molecule has 2 aromatic rings. The molecular weight excluding hydrogens is 558 g/mol. The number of amides is 3. The van der Waals surface area contributed by atoms with Crippen LogP contribution in [0.1, 0.15) is 37.7 Å². The Morgan fingerprint density at radius 3 is 1.90 bits per heavy atom. The number of benzene rings is 1. The first-order valence-electron chi connectivity index (χ1n) is 12.8. The molecule has 0 aliphatic carbocycles. The van der Waals surface area contributed by atoms with Gasteiger partial charge in [0, 0.05) is 36.4 Å². The number of fused-ring (bicyclic) bond motifs is 1. The Hall–Kier alpha value is -4.11. The van der Waals surface area contributed by atoms with E-state index in [2.05, 4.69) is 20.9 Å². The Bertz CT molecular complexity index is 1250. The number of rotatable bonds is 18. The van der Waals surface area contributed by atoms with E-state index in [4.69, 9.17) is 15.9 Å². The average Bonchev–Trinajstić information content (AvgIpc) is 3.33. The molecule has 1 heterocycles. The van der Waals surface area contributed by atoms with Crippen LogP contribution in [0.15, 0.2) is 30.5 Å². The quantitative estimate of drug-likeness (QED) is 0.115. The maximum atomic E-state index is 13.1. The van der Waals surface area contributed by atoms with Crippen molar-refractivity contribution >= 4 is 58.3 Å². The molecule has 0 aliphatic rings. The van der Waals surface area contributed by atoms with E-state index in [-0.39, 0.29) is 19.3 Å². The second kappa shape index (κ2) is 16.2. The normalized spacial score (nSPS) is 13.9. The summed E-state index contributed by atoms with van der Waals surface area (Å²) in [5, 5.41) is 35.9. The summed E-state index contributed by atoms with van der Waals surface area (Å²) in [7, 11) is 0. The number of carboxylic acids is 3. The maximum absolute atomic E-state index is 13.1. The van der Waals surface area contributed by atoms with Crippen LogP contribution in [-0.2, 0) is 35.2 Å². The Labute approximate surface area is 239 Å². The number of nitrogens with one attached hydrogen (secondary N) is 4. The third kappa shape index (κ3) is 10.8. The number of para-hydroxylation sites is 1. The van der Waals surface area contributed by atoms with E-state index >= 15 is 0 Å². The van der Waals surface area contributed by atoms with Gasteiger partial charge < -0.3 is 42.0 Å². The van der Waals surface area contributed by atoms with Gasteiger partial charge in [-0.3, -0.25) is 24.0 Å². The zero-order valence-corrected chi connectivity index (χ0v) is 23.2. The molecule has 9 N–H and O–H groups in total. The molecule has 41 heavy (non-hydrogen) atoms. The summed E-state index contributed by atoms with van der Waals surface area (Å²) in [6, 6.07) is 1.92. The number of aliphatic carboxylic acids is 3. The lowest BCUT2D eigenvalue weighted by Crippen LogP contribution is -2.57. The standard InChI is InChI=1S/C26H35N5O9S/c1-41-11-10-16(27)23(36)29-18(6-8-21(32)33)24(37)30-19(7-9-22(34)35)25(38)31-20(26(39)40)12-14-13-28-17-5-3-2-4-15(14)17/h2-5,13,16,18-20,28H,6-12,27H2,1H3,(H,29,36)(H,30,37)(H,31,38)(H,32,33)(H,34,35)(H,39,40). The molecular formula is C26H35N5O9S. The van der Waals surface area contributed by atoms with Gasteiger partial charge in [0.05, 0.1) is 6.04 Å². The third-order valence-electron chi connectivity index (χ3n) is 6.24. The molecule has 0 radical (unpaired) electrons. The number of aromatic amines is 1. The monoisotopic (exact) mass is 593 g/mol. The van der Waals surface area contributed by atoms with E-state index < -0.39 is 72.6 Å². The lowest BCUT2D eigenvalue weighted by atomic mass is 10.0. The van der Waals surface area contributed by atoms with Gasteiger partial charge >= 0.3 is 17.9 Å². The summed E-state index contributed by atoms with van der Waals surface area (Å²) in [6.45, 7) is 0. The summed E-state index contributed by atoms with van der Waals surface area (Å²) >= 11 is 1.46. The molecule has 15 heteroatoms. The van der Waals surface area contributed by atoms with Crippen LogP contribution in [0.5, 0.6) is 0 Å². The van der Waals surface area contributed by atoms with Crippen molar-refractivity contribution in [1.29, 1.82) is 0 Å². The number of nitrogens with two attached hydrogens (primary N) is 1. The van der Waals surface area contributed by atoms with Crippen LogP contribution in [0.25, 0.3) is 10.9 Å². The van der Waals surface area contributed by atoms with Crippen LogP contribution in [0.2, 0.25) is 0 Å². The van der Waals surface area contributed by atoms with E-state index in [1.807, 2.05) is 6.26 Å². The summed E-state index contributed by atoms with van der Waals surface area (Å²) in [4.78, 5) is 76.1. The van der Waals surface area contributed by atoms with Gasteiger partial charge in [0.25, 0.3) is 0 Å². The number of hydrogen-bond acceptors (Lipinski definition) is 8. The molecule has 1 aromatic heterocycles. The fourth-order valence-electron chi connectivity index (χ4n) is 3.99. The molecule has 14 nitrogen and oxygen atoms in total. The first kappa shape index (κ1) is 33.1. The van der Waals surface area contributed by atoms with Gasteiger partial charge in [0.2, 0.25) is 17.7 Å². The van der Waals surface area contributed by atoms with Crippen LogP contribution in [0, 0.1) is 0 Å². The minimum atomic E-state index is -1.49. The second-order valence-electron chi connectivity index (χ2n) is 9.34. The summed E-state index contributed by atoms with van der Waals surface area (Å²) in [5.74, 6) is -5.86. The minimum Gasteiger partial charge on any atom is -0.481 e.